The lowest BCUT2D eigenvalue weighted by atomic mass is 10.1. The van der Waals surface area contributed by atoms with Gasteiger partial charge in [0.05, 0.1) is 6.10 Å². The Morgan fingerprint density at radius 2 is 1.60 bits per heavy atom. The maximum absolute atomic E-state index is 10.3. The van der Waals surface area contributed by atoms with Gasteiger partial charge in [-0.25, -0.2) is 0 Å². The summed E-state index contributed by atoms with van der Waals surface area (Å²) in [5, 5.41) is 10.3. The molecule has 20 heavy (non-hydrogen) atoms. The largest absolute Gasteiger partial charge is 0.388 e. The van der Waals surface area contributed by atoms with Crippen molar-refractivity contribution in [3.8, 4) is 0 Å². The predicted octanol–water partition coefficient (Wildman–Crippen LogP) is 4.34. The second kappa shape index (κ2) is 10.3. The molecule has 0 saturated carbocycles. The fourth-order valence-corrected chi connectivity index (χ4v) is 3.05. The minimum atomic E-state index is -0.341. The van der Waals surface area contributed by atoms with E-state index in [2.05, 4.69) is 49.9 Å². The zero-order valence-corrected chi connectivity index (χ0v) is 14.0. The van der Waals surface area contributed by atoms with E-state index in [1.807, 2.05) is 11.8 Å². The van der Waals surface area contributed by atoms with Crippen LogP contribution in [0.1, 0.15) is 51.7 Å². The predicted molar refractivity (Wildman–Crippen MR) is 89.4 cm³/mol. The first-order valence-corrected chi connectivity index (χ1v) is 8.82. The minimum Gasteiger partial charge on any atom is -0.388 e. The lowest BCUT2D eigenvalue weighted by molar-refractivity contribution is 0.141. The lowest BCUT2D eigenvalue weighted by Gasteiger charge is -2.22. The smallest absolute Gasteiger partial charge is 0.0802 e. The summed E-state index contributed by atoms with van der Waals surface area (Å²) in [6.45, 7) is 9.82. The van der Waals surface area contributed by atoms with Crippen molar-refractivity contribution in [1.82, 2.24) is 4.90 Å². The molecule has 1 aromatic carbocycles. The van der Waals surface area contributed by atoms with Crippen molar-refractivity contribution < 1.29 is 5.11 Å². The lowest BCUT2D eigenvalue weighted by Crippen LogP contribution is -2.27. The number of benzene rings is 1. The summed E-state index contributed by atoms with van der Waals surface area (Å²) < 4.78 is 0. The van der Waals surface area contributed by atoms with Gasteiger partial charge in [-0.2, -0.15) is 0 Å². The standard InChI is InChI=1S/C17H29NOS/c1-4-12-18(13-5-2)14-11-17(19)15-7-9-16(10-8-15)20-6-3/h7-10,17,19H,4-6,11-14H2,1-3H3. The SMILES string of the molecule is CCCN(CCC)CCC(O)c1ccc(SCC)cc1. The van der Waals surface area contributed by atoms with E-state index in [1.54, 1.807) is 0 Å². The average Bonchev–Trinajstić information content (AvgIpc) is 2.46. The molecule has 1 unspecified atom stereocenters. The molecule has 0 saturated heterocycles. The van der Waals surface area contributed by atoms with Crippen LogP contribution >= 0.6 is 11.8 Å². The highest BCUT2D eigenvalue weighted by Crippen LogP contribution is 2.22. The summed E-state index contributed by atoms with van der Waals surface area (Å²) in [5.41, 5.74) is 1.04. The number of hydrogen-bond acceptors (Lipinski definition) is 3. The van der Waals surface area contributed by atoms with Gasteiger partial charge < -0.3 is 10.0 Å². The molecule has 0 aliphatic rings. The maximum Gasteiger partial charge on any atom is 0.0802 e. The fraction of sp³-hybridized carbons (Fsp3) is 0.647. The first kappa shape index (κ1) is 17.5. The monoisotopic (exact) mass is 295 g/mol. The van der Waals surface area contributed by atoms with Gasteiger partial charge in [0, 0.05) is 11.4 Å². The zero-order valence-electron chi connectivity index (χ0n) is 13.1. The van der Waals surface area contributed by atoms with E-state index in [0.717, 1.165) is 37.4 Å². The van der Waals surface area contributed by atoms with Crippen LogP contribution in [0.3, 0.4) is 0 Å². The molecule has 3 heteroatoms. The van der Waals surface area contributed by atoms with Gasteiger partial charge in [0.2, 0.25) is 0 Å². The Labute approximate surface area is 128 Å². The second-order valence-corrected chi connectivity index (χ2v) is 6.49. The Kier molecular flexibility index (Phi) is 8.99. The summed E-state index contributed by atoms with van der Waals surface area (Å²) in [5.74, 6) is 1.09. The summed E-state index contributed by atoms with van der Waals surface area (Å²) in [6, 6.07) is 8.35. The van der Waals surface area contributed by atoms with Crippen molar-refractivity contribution >= 4 is 11.8 Å². The molecule has 0 fully saturated rings. The van der Waals surface area contributed by atoms with E-state index >= 15 is 0 Å². The molecule has 0 aliphatic heterocycles. The summed E-state index contributed by atoms with van der Waals surface area (Å²) in [7, 11) is 0. The van der Waals surface area contributed by atoms with Crippen LogP contribution in [0.4, 0.5) is 0 Å². The molecule has 2 nitrogen and oxygen atoms in total. The van der Waals surface area contributed by atoms with Gasteiger partial charge in [-0.1, -0.05) is 32.9 Å². The van der Waals surface area contributed by atoms with Crippen LogP contribution in [0.25, 0.3) is 0 Å². The van der Waals surface area contributed by atoms with Crippen LogP contribution in [0.15, 0.2) is 29.2 Å². The minimum absolute atomic E-state index is 0.341. The molecule has 1 N–H and O–H groups in total. The molecule has 0 spiro atoms. The molecule has 1 aromatic rings. The highest BCUT2D eigenvalue weighted by molar-refractivity contribution is 7.99. The van der Waals surface area contributed by atoms with Crippen molar-refractivity contribution in [3.05, 3.63) is 29.8 Å². The van der Waals surface area contributed by atoms with Crippen molar-refractivity contribution in [2.45, 2.75) is 51.0 Å². The number of aliphatic hydroxyl groups excluding tert-OH is 1. The highest BCUT2D eigenvalue weighted by Gasteiger charge is 2.10. The molecular formula is C17H29NOS. The first-order valence-electron chi connectivity index (χ1n) is 7.84. The topological polar surface area (TPSA) is 23.5 Å². The van der Waals surface area contributed by atoms with Crippen molar-refractivity contribution in [3.63, 3.8) is 0 Å². The molecule has 0 aliphatic carbocycles. The molecule has 0 radical (unpaired) electrons. The van der Waals surface area contributed by atoms with Crippen molar-refractivity contribution in [2.24, 2.45) is 0 Å². The summed E-state index contributed by atoms with van der Waals surface area (Å²) in [6.07, 6.45) is 2.84. The van der Waals surface area contributed by atoms with Gasteiger partial charge in [0.1, 0.15) is 0 Å². The van der Waals surface area contributed by atoms with Crippen LogP contribution in [0.2, 0.25) is 0 Å². The van der Waals surface area contributed by atoms with Crippen LogP contribution < -0.4 is 0 Å². The molecule has 0 aromatic heterocycles. The summed E-state index contributed by atoms with van der Waals surface area (Å²) >= 11 is 1.84. The number of aliphatic hydroxyl groups is 1. The zero-order chi connectivity index (χ0) is 14.8. The van der Waals surface area contributed by atoms with E-state index < -0.39 is 0 Å². The number of nitrogens with zero attached hydrogens (tertiary/aromatic N) is 1. The molecule has 1 atom stereocenters. The van der Waals surface area contributed by atoms with Crippen LogP contribution in [0.5, 0.6) is 0 Å². The van der Waals surface area contributed by atoms with E-state index in [-0.39, 0.29) is 6.10 Å². The third-order valence-corrected chi connectivity index (χ3v) is 4.27. The van der Waals surface area contributed by atoms with Crippen LogP contribution in [0, 0.1) is 0 Å². The van der Waals surface area contributed by atoms with Gasteiger partial charge in [-0.05, 0) is 55.8 Å². The van der Waals surface area contributed by atoms with Crippen LogP contribution in [-0.2, 0) is 0 Å². The maximum atomic E-state index is 10.3. The Hall–Kier alpha value is -0.510. The Balaban J connectivity index is 2.46. The number of rotatable bonds is 10. The van der Waals surface area contributed by atoms with Gasteiger partial charge in [0.15, 0.2) is 0 Å². The van der Waals surface area contributed by atoms with Gasteiger partial charge in [0.25, 0.3) is 0 Å². The van der Waals surface area contributed by atoms with E-state index in [9.17, 15) is 5.11 Å². The number of hydrogen-bond donors (Lipinski definition) is 1. The van der Waals surface area contributed by atoms with E-state index in [1.165, 1.54) is 17.7 Å². The Morgan fingerprint density at radius 3 is 2.10 bits per heavy atom. The second-order valence-electron chi connectivity index (χ2n) is 5.15. The Bertz CT molecular complexity index is 347. The molecule has 114 valence electrons. The quantitative estimate of drug-likeness (QED) is 0.649. The van der Waals surface area contributed by atoms with Gasteiger partial charge in [-0.3, -0.25) is 0 Å². The first-order chi connectivity index (χ1) is 9.71. The average molecular weight is 295 g/mol. The molecular weight excluding hydrogens is 266 g/mol. The van der Waals surface area contributed by atoms with Crippen molar-refractivity contribution in [1.29, 1.82) is 0 Å². The van der Waals surface area contributed by atoms with E-state index in [0.29, 0.717) is 0 Å². The highest BCUT2D eigenvalue weighted by atomic mass is 32.2. The summed E-state index contributed by atoms with van der Waals surface area (Å²) in [4.78, 5) is 3.73. The normalized spacial score (nSPS) is 12.8. The van der Waals surface area contributed by atoms with Gasteiger partial charge in [-0.15, -0.1) is 11.8 Å². The van der Waals surface area contributed by atoms with Crippen molar-refractivity contribution in [2.75, 3.05) is 25.4 Å². The molecule has 0 amide bonds. The molecule has 0 bridgehead atoms. The third kappa shape index (κ3) is 6.29. The molecule has 0 heterocycles. The Morgan fingerprint density at radius 1 is 1.00 bits per heavy atom. The number of thioether (sulfide) groups is 1. The van der Waals surface area contributed by atoms with Crippen LogP contribution in [-0.4, -0.2) is 35.4 Å². The fourth-order valence-electron chi connectivity index (χ4n) is 2.39. The third-order valence-electron chi connectivity index (χ3n) is 3.37. The molecule has 1 rings (SSSR count). The van der Waals surface area contributed by atoms with Gasteiger partial charge >= 0.3 is 0 Å². The van der Waals surface area contributed by atoms with E-state index in [4.69, 9.17) is 0 Å².